The summed E-state index contributed by atoms with van der Waals surface area (Å²) in [6, 6.07) is 4.55. The molecule has 1 atom stereocenters. The molecule has 0 radical (unpaired) electrons. The van der Waals surface area contributed by atoms with E-state index in [2.05, 4.69) is 5.32 Å². The van der Waals surface area contributed by atoms with Crippen molar-refractivity contribution in [1.29, 1.82) is 0 Å². The van der Waals surface area contributed by atoms with Crippen molar-refractivity contribution in [2.24, 2.45) is 0 Å². The van der Waals surface area contributed by atoms with Crippen LogP contribution >= 0.6 is 0 Å². The zero-order valence-electron chi connectivity index (χ0n) is 9.88. The second-order valence-corrected chi connectivity index (χ2v) is 3.99. The zero-order chi connectivity index (χ0) is 13.0. The fourth-order valence-electron chi connectivity index (χ4n) is 1.57. The van der Waals surface area contributed by atoms with Crippen LogP contribution < -0.4 is 5.32 Å². The first-order chi connectivity index (χ1) is 8.66. The minimum Gasteiger partial charge on any atom is -0.472 e. The van der Waals surface area contributed by atoms with Gasteiger partial charge in [0, 0.05) is 12.5 Å². The molecular weight excluding hydrogens is 234 g/mol. The normalized spacial score (nSPS) is 12.1. The van der Waals surface area contributed by atoms with Crippen LogP contribution in [-0.4, -0.2) is 17.7 Å². The van der Waals surface area contributed by atoms with E-state index >= 15 is 0 Å². The highest BCUT2D eigenvalue weighted by Crippen LogP contribution is 2.07. The third-order valence-corrected chi connectivity index (χ3v) is 2.45. The molecule has 0 saturated heterocycles. The van der Waals surface area contributed by atoms with Crippen molar-refractivity contribution in [1.82, 2.24) is 5.32 Å². The summed E-state index contributed by atoms with van der Waals surface area (Å²) in [6.45, 7) is 1.76. The Morgan fingerprint density at radius 1 is 1.33 bits per heavy atom. The summed E-state index contributed by atoms with van der Waals surface area (Å²) in [6.07, 6.45) is 4.42. The maximum Gasteiger partial charge on any atom is 0.254 e. The van der Waals surface area contributed by atoms with Crippen LogP contribution in [0.2, 0.25) is 0 Å². The molecule has 5 nitrogen and oxygen atoms in total. The molecule has 0 aliphatic heterocycles. The molecule has 5 heteroatoms. The molecule has 2 aromatic rings. The Morgan fingerprint density at radius 3 is 2.78 bits per heavy atom. The van der Waals surface area contributed by atoms with E-state index < -0.39 is 0 Å². The van der Waals surface area contributed by atoms with Gasteiger partial charge in [-0.25, -0.2) is 0 Å². The van der Waals surface area contributed by atoms with E-state index in [4.69, 9.17) is 8.83 Å². The van der Waals surface area contributed by atoms with E-state index in [1.54, 1.807) is 25.1 Å². The van der Waals surface area contributed by atoms with E-state index in [0.717, 1.165) is 0 Å². The van der Waals surface area contributed by atoms with Gasteiger partial charge in [0.15, 0.2) is 11.5 Å². The van der Waals surface area contributed by atoms with E-state index in [9.17, 15) is 9.59 Å². The van der Waals surface area contributed by atoms with Crippen molar-refractivity contribution >= 4 is 11.7 Å². The summed E-state index contributed by atoms with van der Waals surface area (Å²) in [5.41, 5.74) is 0.437. The molecule has 1 amide bonds. The average molecular weight is 247 g/mol. The second kappa shape index (κ2) is 5.35. The quantitative estimate of drug-likeness (QED) is 0.822. The van der Waals surface area contributed by atoms with Gasteiger partial charge in [0.2, 0.25) is 0 Å². The molecule has 0 spiro atoms. The number of furan rings is 2. The van der Waals surface area contributed by atoms with Crippen LogP contribution in [0.3, 0.4) is 0 Å². The molecule has 94 valence electrons. The van der Waals surface area contributed by atoms with E-state index in [1.165, 1.54) is 18.8 Å². The first-order valence-electron chi connectivity index (χ1n) is 5.56. The van der Waals surface area contributed by atoms with Crippen LogP contribution in [0.4, 0.5) is 0 Å². The van der Waals surface area contributed by atoms with Gasteiger partial charge in [0.25, 0.3) is 5.91 Å². The standard InChI is InChI=1S/C13H13NO4/c1-9(7-11(15)12-3-2-5-18-12)14-13(16)10-4-6-17-8-10/h2-6,8-9H,7H2,1H3,(H,14,16)/t9-/m0/s1. The van der Waals surface area contributed by atoms with Gasteiger partial charge in [0.1, 0.15) is 6.26 Å². The maximum atomic E-state index is 11.7. The minimum absolute atomic E-state index is 0.139. The molecule has 0 aliphatic rings. The Hall–Kier alpha value is -2.30. The largest absolute Gasteiger partial charge is 0.472 e. The molecule has 18 heavy (non-hydrogen) atoms. The summed E-state index contributed by atoms with van der Waals surface area (Å²) < 4.78 is 9.81. The van der Waals surface area contributed by atoms with E-state index in [1.807, 2.05) is 0 Å². The van der Waals surface area contributed by atoms with Crippen LogP contribution in [0.1, 0.15) is 34.3 Å². The highest BCUT2D eigenvalue weighted by Gasteiger charge is 2.16. The SMILES string of the molecule is C[C@@H](CC(=O)c1ccco1)NC(=O)c1ccoc1. The summed E-state index contributed by atoms with van der Waals surface area (Å²) in [7, 11) is 0. The number of Topliss-reactive ketones (excluding diaryl/α,β-unsaturated/α-hetero) is 1. The molecule has 0 unspecified atom stereocenters. The third-order valence-electron chi connectivity index (χ3n) is 2.45. The molecule has 2 heterocycles. The van der Waals surface area contributed by atoms with Gasteiger partial charge in [-0.3, -0.25) is 9.59 Å². The number of carbonyl (C=O) groups is 2. The van der Waals surface area contributed by atoms with Gasteiger partial charge >= 0.3 is 0 Å². The monoisotopic (exact) mass is 247 g/mol. The first-order valence-corrected chi connectivity index (χ1v) is 5.56. The molecule has 1 N–H and O–H groups in total. The lowest BCUT2D eigenvalue weighted by molar-refractivity contribution is 0.0907. The topological polar surface area (TPSA) is 72.5 Å². The van der Waals surface area contributed by atoms with Crippen LogP contribution in [0.15, 0.2) is 45.8 Å². The Kier molecular flexibility index (Phi) is 3.62. The van der Waals surface area contributed by atoms with Crippen molar-refractivity contribution in [3.05, 3.63) is 48.3 Å². The highest BCUT2D eigenvalue weighted by atomic mass is 16.3. The van der Waals surface area contributed by atoms with Gasteiger partial charge in [0.05, 0.1) is 18.1 Å². The number of nitrogens with one attached hydrogen (secondary N) is 1. The van der Waals surface area contributed by atoms with Gasteiger partial charge < -0.3 is 14.2 Å². The maximum absolute atomic E-state index is 11.7. The second-order valence-electron chi connectivity index (χ2n) is 3.99. The summed E-state index contributed by atoms with van der Waals surface area (Å²) >= 11 is 0. The van der Waals surface area contributed by atoms with Crippen molar-refractivity contribution in [3.8, 4) is 0 Å². The fraction of sp³-hybridized carbons (Fsp3) is 0.231. The number of hydrogen-bond donors (Lipinski definition) is 1. The van der Waals surface area contributed by atoms with Crippen LogP contribution in [0.25, 0.3) is 0 Å². The molecule has 0 aliphatic carbocycles. The van der Waals surface area contributed by atoms with Gasteiger partial charge in [-0.1, -0.05) is 0 Å². The Balaban J connectivity index is 1.87. The third kappa shape index (κ3) is 2.88. The van der Waals surface area contributed by atoms with Crippen LogP contribution in [-0.2, 0) is 0 Å². The molecule has 2 rings (SSSR count). The molecule has 0 aromatic carbocycles. The lowest BCUT2D eigenvalue weighted by Crippen LogP contribution is -2.33. The van der Waals surface area contributed by atoms with Gasteiger partial charge in [-0.05, 0) is 25.1 Å². The zero-order valence-corrected chi connectivity index (χ0v) is 9.88. The Labute approximate surface area is 104 Å². The molecule has 0 bridgehead atoms. The predicted molar refractivity (Wildman–Crippen MR) is 63.3 cm³/mol. The summed E-state index contributed by atoms with van der Waals surface area (Å²) in [5, 5.41) is 2.71. The minimum atomic E-state index is -0.273. The lowest BCUT2D eigenvalue weighted by atomic mass is 10.1. The smallest absolute Gasteiger partial charge is 0.254 e. The molecule has 2 aromatic heterocycles. The van der Waals surface area contributed by atoms with Crippen molar-refractivity contribution < 1.29 is 18.4 Å². The fourth-order valence-corrected chi connectivity index (χ4v) is 1.57. The van der Waals surface area contributed by atoms with Crippen LogP contribution in [0, 0.1) is 0 Å². The molecule has 0 fully saturated rings. The highest BCUT2D eigenvalue weighted by molar-refractivity contribution is 5.96. The van der Waals surface area contributed by atoms with Crippen LogP contribution in [0.5, 0.6) is 0 Å². The average Bonchev–Trinajstić information content (AvgIpc) is 3.02. The Bertz CT molecular complexity index is 465. The number of amides is 1. The molecule has 0 saturated carbocycles. The number of ketones is 1. The summed E-state index contributed by atoms with van der Waals surface area (Å²) in [5.74, 6) is -0.0945. The van der Waals surface area contributed by atoms with Crippen molar-refractivity contribution in [3.63, 3.8) is 0 Å². The number of carbonyl (C=O) groups excluding carboxylic acids is 2. The first kappa shape index (κ1) is 12.2. The lowest BCUT2D eigenvalue weighted by Gasteiger charge is -2.11. The van der Waals surface area contributed by atoms with E-state index in [0.29, 0.717) is 11.3 Å². The number of rotatable bonds is 5. The van der Waals surface area contributed by atoms with Crippen molar-refractivity contribution in [2.75, 3.05) is 0 Å². The number of hydrogen-bond acceptors (Lipinski definition) is 4. The van der Waals surface area contributed by atoms with Crippen molar-refractivity contribution in [2.45, 2.75) is 19.4 Å². The molecular formula is C13H13NO4. The summed E-state index contributed by atoms with van der Waals surface area (Å²) in [4.78, 5) is 23.4. The van der Waals surface area contributed by atoms with Gasteiger partial charge in [-0.15, -0.1) is 0 Å². The van der Waals surface area contributed by atoms with Gasteiger partial charge in [-0.2, -0.15) is 0 Å². The Morgan fingerprint density at radius 2 is 2.17 bits per heavy atom. The van der Waals surface area contributed by atoms with E-state index in [-0.39, 0.29) is 24.2 Å². The predicted octanol–water partition coefficient (Wildman–Crippen LogP) is 2.26.